The van der Waals surface area contributed by atoms with Crippen molar-refractivity contribution in [2.75, 3.05) is 18.2 Å². The van der Waals surface area contributed by atoms with E-state index in [1.54, 1.807) is 11.8 Å². The zero-order valence-corrected chi connectivity index (χ0v) is 15.0. The Hall–Kier alpha value is -1.59. The molecule has 5 heteroatoms. The van der Waals surface area contributed by atoms with Crippen molar-refractivity contribution in [1.82, 2.24) is 9.97 Å². The maximum Gasteiger partial charge on any atom is 0.190 e. The van der Waals surface area contributed by atoms with Gasteiger partial charge in [-0.15, -0.1) is 11.3 Å². The second-order valence-corrected chi connectivity index (χ2v) is 7.68. The summed E-state index contributed by atoms with van der Waals surface area (Å²) < 4.78 is 0. The summed E-state index contributed by atoms with van der Waals surface area (Å²) in [4.78, 5) is 14.5. The summed E-state index contributed by atoms with van der Waals surface area (Å²) in [6.45, 7) is 0. The average Bonchev–Trinajstić information content (AvgIpc) is 2.99. The normalized spacial score (nSPS) is 14.0. The number of hydrogen-bond acceptors (Lipinski definition) is 5. The second-order valence-electron chi connectivity index (χ2n) is 5.82. The lowest BCUT2D eigenvalue weighted by Crippen LogP contribution is -2.13. The molecule has 0 saturated heterocycles. The summed E-state index contributed by atoms with van der Waals surface area (Å²) in [5, 5.41) is 2.13. The lowest BCUT2D eigenvalue weighted by molar-refractivity contribution is 0.700. The van der Waals surface area contributed by atoms with Crippen molar-refractivity contribution in [3.8, 4) is 0 Å². The van der Waals surface area contributed by atoms with Crippen LogP contribution in [-0.4, -0.2) is 23.3 Å². The number of anilines is 2. The quantitative estimate of drug-likeness (QED) is 0.492. The smallest absolute Gasteiger partial charge is 0.190 e. The molecule has 2 heterocycles. The van der Waals surface area contributed by atoms with Gasteiger partial charge in [-0.25, -0.2) is 9.97 Å². The van der Waals surface area contributed by atoms with E-state index in [1.807, 2.05) is 23.7 Å². The van der Waals surface area contributed by atoms with Crippen molar-refractivity contribution in [2.24, 2.45) is 0 Å². The molecule has 0 unspecified atom stereocenters. The highest BCUT2D eigenvalue weighted by Crippen LogP contribution is 2.41. The van der Waals surface area contributed by atoms with Crippen molar-refractivity contribution in [2.45, 2.75) is 30.8 Å². The number of thiophene rings is 1. The third-order valence-corrected chi connectivity index (χ3v) is 6.15. The van der Waals surface area contributed by atoms with Gasteiger partial charge in [-0.3, -0.25) is 0 Å². The predicted octanol–water partition coefficient (Wildman–Crippen LogP) is 5.06. The Balaban J connectivity index is 1.95. The van der Waals surface area contributed by atoms with Crippen LogP contribution in [0.5, 0.6) is 0 Å². The molecule has 0 radical (unpaired) electrons. The fraction of sp³-hybridized carbons (Fsp3) is 0.333. The van der Waals surface area contributed by atoms with Crippen LogP contribution in [0, 0.1) is 0 Å². The number of para-hydroxylation sites is 1. The number of aryl methyl sites for hydroxylation is 2. The summed E-state index contributed by atoms with van der Waals surface area (Å²) in [5.41, 5.74) is 2.65. The van der Waals surface area contributed by atoms with Gasteiger partial charge >= 0.3 is 0 Å². The Bertz CT molecular complexity index is 842. The molecule has 0 aliphatic heterocycles. The Kier molecular flexibility index (Phi) is 3.99. The van der Waals surface area contributed by atoms with Crippen LogP contribution in [0.3, 0.4) is 0 Å². The molecule has 0 amide bonds. The maximum absolute atomic E-state index is 4.86. The molecular formula is C18H19N3S2. The summed E-state index contributed by atoms with van der Waals surface area (Å²) in [6.07, 6.45) is 6.97. The molecule has 23 heavy (non-hydrogen) atoms. The highest BCUT2D eigenvalue weighted by atomic mass is 32.2. The molecule has 1 aromatic carbocycles. The molecule has 0 saturated carbocycles. The van der Waals surface area contributed by atoms with Crippen molar-refractivity contribution in [3.63, 3.8) is 0 Å². The first-order valence-electron chi connectivity index (χ1n) is 7.93. The molecule has 0 N–H and O–H groups in total. The fourth-order valence-corrected chi connectivity index (χ4v) is 4.90. The molecule has 118 valence electrons. The van der Waals surface area contributed by atoms with E-state index in [2.05, 4.69) is 36.2 Å². The van der Waals surface area contributed by atoms with Crippen LogP contribution in [0.1, 0.15) is 23.3 Å². The zero-order chi connectivity index (χ0) is 15.8. The largest absolute Gasteiger partial charge is 0.329 e. The van der Waals surface area contributed by atoms with Gasteiger partial charge in [0.15, 0.2) is 5.16 Å². The van der Waals surface area contributed by atoms with Gasteiger partial charge < -0.3 is 4.90 Å². The summed E-state index contributed by atoms with van der Waals surface area (Å²) in [6, 6.07) is 10.5. The Morgan fingerprint density at radius 3 is 2.65 bits per heavy atom. The Labute approximate surface area is 144 Å². The minimum Gasteiger partial charge on any atom is -0.329 e. The lowest BCUT2D eigenvalue weighted by atomic mass is 9.97. The lowest BCUT2D eigenvalue weighted by Gasteiger charge is -2.21. The summed E-state index contributed by atoms with van der Waals surface area (Å²) in [7, 11) is 2.11. The minimum atomic E-state index is 0.855. The van der Waals surface area contributed by atoms with E-state index in [9.17, 15) is 0 Å². The molecule has 3 aromatic rings. The van der Waals surface area contributed by atoms with Gasteiger partial charge in [0.25, 0.3) is 0 Å². The number of aromatic nitrogens is 2. The highest BCUT2D eigenvalue weighted by molar-refractivity contribution is 7.98. The van der Waals surface area contributed by atoms with Crippen LogP contribution in [-0.2, 0) is 12.8 Å². The van der Waals surface area contributed by atoms with Crippen LogP contribution in [0.15, 0.2) is 35.5 Å². The van der Waals surface area contributed by atoms with Gasteiger partial charge in [-0.05, 0) is 49.6 Å². The number of rotatable bonds is 3. The molecule has 0 fully saturated rings. The molecule has 0 spiro atoms. The van der Waals surface area contributed by atoms with E-state index < -0.39 is 0 Å². The van der Waals surface area contributed by atoms with E-state index in [0.717, 1.165) is 27.9 Å². The first-order chi connectivity index (χ1) is 11.3. The first kappa shape index (κ1) is 15.0. The Morgan fingerprint density at radius 1 is 1.09 bits per heavy atom. The van der Waals surface area contributed by atoms with Crippen molar-refractivity contribution < 1.29 is 0 Å². The van der Waals surface area contributed by atoms with Gasteiger partial charge in [0.1, 0.15) is 10.6 Å². The number of thioether (sulfide) groups is 1. The fourth-order valence-electron chi connectivity index (χ4n) is 3.23. The van der Waals surface area contributed by atoms with Gasteiger partial charge in [0.2, 0.25) is 0 Å². The average molecular weight is 342 g/mol. The molecule has 2 aromatic heterocycles. The maximum atomic E-state index is 4.86. The molecule has 1 aliphatic rings. The highest BCUT2D eigenvalue weighted by Gasteiger charge is 2.23. The van der Waals surface area contributed by atoms with Crippen molar-refractivity contribution in [3.05, 3.63) is 40.8 Å². The number of benzene rings is 1. The SMILES string of the molecule is CSc1nc(N(C)c2ccccc2)c2c3c(sc2n1)CCCC3. The predicted molar refractivity (Wildman–Crippen MR) is 100 cm³/mol. The topological polar surface area (TPSA) is 29.0 Å². The molecule has 3 nitrogen and oxygen atoms in total. The molecule has 0 bridgehead atoms. The van der Waals surface area contributed by atoms with E-state index in [1.165, 1.54) is 35.1 Å². The number of hydrogen-bond donors (Lipinski definition) is 0. The van der Waals surface area contributed by atoms with Crippen LogP contribution in [0.2, 0.25) is 0 Å². The van der Waals surface area contributed by atoms with Gasteiger partial charge in [-0.1, -0.05) is 30.0 Å². The van der Waals surface area contributed by atoms with E-state index in [-0.39, 0.29) is 0 Å². The van der Waals surface area contributed by atoms with Crippen LogP contribution >= 0.6 is 23.1 Å². The monoisotopic (exact) mass is 341 g/mol. The number of nitrogens with zero attached hydrogens (tertiary/aromatic N) is 3. The van der Waals surface area contributed by atoms with E-state index in [0.29, 0.717) is 0 Å². The minimum absolute atomic E-state index is 0.855. The Morgan fingerprint density at radius 2 is 1.87 bits per heavy atom. The standard InChI is InChI=1S/C18H19N3S2/c1-21(12-8-4-3-5-9-12)16-15-13-10-6-7-11-14(13)23-17(15)20-18(19-16)22-2/h3-5,8-9H,6-7,10-11H2,1-2H3. The van der Waals surface area contributed by atoms with E-state index >= 15 is 0 Å². The van der Waals surface area contributed by atoms with Gasteiger partial charge in [0.05, 0.1) is 5.39 Å². The third kappa shape index (κ3) is 2.62. The summed E-state index contributed by atoms with van der Waals surface area (Å²) in [5.74, 6) is 1.05. The molecule has 0 atom stereocenters. The first-order valence-corrected chi connectivity index (χ1v) is 9.97. The second kappa shape index (κ2) is 6.13. The van der Waals surface area contributed by atoms with Crippen LogP contribution < -0.4 is 4.90 Å². The van der Waals surface area contributed by atoms with Crippen LogP contribution in [0.4, 0.5) is 11.5 Å². The van der Waals surface area contributed by atoms with Gasteiger partial charge in [0, 0.05) is 17.6 Å². The van der Waals surface area contributed by atoms with Crippen molar-refractivity contribution >= 4 is 44.8 Å². The third-order valence-electron chi connectivity index (χ3n) is 4.42. The summed E-state index contributed by atoms with van der Waals surface area (Å²) >= 11 is 3.48. The zero-order valence-electron chi connectivity index (χ0n) is 13.4. The molecule has 1 aliphatic carbocycles. The van der Waals surface area contributed by atoms with Gasteiger partial charge in [-0.2, -0.15) is 0 Å². The molecule has 4 rings (SSSR count). The molecular weight excluding hydrogens is 322 g/mol. The number of fused-ring (bicyclic) bond motifs is 3. The van der Waals surface area contributed by atoms with Crippen molar-refractivity contribution in [1.29, 1.82) is 0 Å². The van der Waals surface area contributed by atoms with E-state index in [4.69, 9.17) is 9.97 Å². The van der Waals surface area contributed by atoms with Crippen LogP contribution in [0.25, 0.3) is 10.2 Å².